The summed E-state index contributed by atoms with van der Waals surface area (Å²) in [5, 5.41) is 22.2. The molecule has 0 aromatic heterocycles. The lowest BCUT2D eigenvalue weighted by Gasteiger charge is -2.23. The van der Waals surface area contributed by atoms with Gasteiger partial charge in [-0.2, -0.15) is 0 Å². The molecule has 0 unspecified atom stereocenters. The average Bonchev–Trinajstić information content (AvgIpc) is 3.31. The molecule has 0 aliphatic carbocycles. The topological polar surface area (TPSA) is 304 Å². The molecule has 376 valence electrons. The fourth-order valence-electron chi connectivity index (χ4n) is 6.13. The monoisotopic (exact) mass is 944 g/mol. The summed E-state index contributed by atoms with van der Waals surface area (Å²) in [5.41, 5.74) is 11.9. The molecular formula is C45H77N13O9. The van der Waals surface area contributed by atoms with Gasteiger partial charge in [-0.1, -0.05) is 18.1 Å². The summed E-state index contributed by atoms with van der Waals surface area (Å²) in [7, 11) is 1.82. The van der Waals surface area contributed by atoms with Crippen molar-refractivity contribution in [3.05, 3.63) is 29.8 Å². The third-order valence-corrected chi connectivity index (χ3v) is 9.97. The predicted octanol–water partition coefficient (Wildman–Crippen LogP) is -3.63. The van der Waals surface area contributed by atoms with E-state index in [4.69, 9.17) is 22.6 Å². The first-order valence-corrected chi connectivity index (χ1v) is 23.0. The highest BCUT2D eigenvalue weighted by atomic mass is 16.5. The summed E-state index contributed by atoms with van der Waals surface area (Å²) in [6.07, 6.45) is 7.18. The van der Waals surface area contributed by atoms with Crippen LogP contribution in [0, 0.1) is 12.3 Å². The Balaban J connectivity index is 2.43. The van der Waals surface area contributed by atoms with Crippen molar-refractivity contribution >= 4 is 47.3 Å². The largest absolute Gasteiger partial charge is 0.481 e. The summed E-state index contributed by atoms with van der Waals surface area (Å²) in [6.45, 7) is 7.82. The first kappa shape index (κ1) is 59.2. The van der Waals surface area contributed by atoms with Crippen LogP contribution in [0.15, 0.2) is 24.3 Å². The molecule has 1 aromatic rings. The Bertz CT molecular complexity index is 1680. The fraction of sp³-hybridized carbons (Fsp3) is 0.644. The molecule has 0 atom stereocenters. The van der Waals surface area contributed by atoms with Crippen LogP contribution in [0.4, 0.5) is 0 Å². The van der Waals surface area contributed by atoms with Gasteiger partial charge in [0.2, 0.25) is 47.3 Å². The van der Waals surface area contributed by atoms with Gasteiger partial charge in [0.15, 0.2) is 0 Å². The number of rotatable bonds is 39. The van der Waals surface area contributed by atoms with Gasteiger partial charge in [-0.05, 0) is 31.2 Å². The normalized spacial score (nSPS) is 10.8. The first-order chi connectivity index (χ1) is 32.2. The molecule has 0 bridgehead atoms. The molecule has 0 saturated heterocycles. The van der Waals surface area contributed by atoms with Gasteiger partial charge in [-0.25, -0.2) is 0 Å². The summed E-state index contributed by atoms with van der Waals surface area (Å²) >= 11 is 0. The van der Waals surface area contributed by atoms with Crippen molar-refractivity contribution < 1.29 is 43.1 Å². The predicted molar refractivity (Wildman–Crippen MR) is 255 cm³/mol. The number of benzene rings is 1. The zero-order valence-corrected chi connectivity index (χ0v) is 39.6. The van der Waals surface area contributed by atoms with E-state index in [-0.39, 0.29) is 105 Å². The van der Waals surface area contributed by atoms with Crippen molar-refractivity contribution in [3.63, 3.8) is 0 Å². The van der Waals surface area contributed by atoms with Crippen LogP contribution >= 0.6 is 0 Å². The minimum atomic E-state index is -0.212. The summed E-state index contributed by atoms with van der Waals surface area (Å²) in [6, 6.07) is 7.37. The van der Waals surface area contributed by atoms with E-state index in [0.717, 1.165) is 5.56 Å². The minimum absolute atomic E-state index is 0.136. The zero-order chi connectivity index (χ0) is 49.5. The van der Waals surface area contributed by atoms with Gasteiger partial charge >= 0.3 is 0 Å². The smallest absolute Gasteiger partial charge is 0.221 e. The van der Waals surface area contributed by atoms with Crippen molar-refractivity contribution in [2.24, 2.45) is 11.5 Å². The van der Waals surface area contributed by atoms with Crippen LogP contribution in [-0.4, -0.2) is 193 Å². The van der Waals surface area contributed by atoms with Gasteiger partial charge in [0.05, 0.1) is 0 Å². The lowest BCUT2D eigenvalue weighted by atomic mass is 10.1. The summed E-state index contributed by atoms with van der Waals surface area (Å²) < 4.78 is 5.36. The molecule has 0 heterocycles. The number of amides is 8. The maximum absolute atomic E-state index is 12.7. The van der Waals surface area contributed by atoms with Crippen LogP contribution in [0.25, 0.3) is 0 Å². The lowest BCUT2D eigenvalue weighted by molar-refractivity contribution is -0.123. The summed E-state index contributed by atoms with van der Waals surface area (Å²) in [4.78, 5) is 104. The quantitative estimate of drug-likeness (QED) is 0.0225. The number of hydrogen-bond acceptors (Lipinski definition) is 14. The molecule has 0 aliphatic heterocycles. The average molecular weight is 944 g/mol. The third-order valence-electron chi connectivity index (χ3n) is 9.97. The van der Waals surface area contributed by atoms with E-state index in [1.165, 1.54) is 6.92 Å². The first-order valence-electron chi connectivity index (χ1n) is 23.0. The molecule has 67 heavy (non-hydrogen) atoms. The van der Waals surface area contributed by atoms with Gasteiger partial charge in [-0.15, -0.1) is 6.42 Å². The van der Waals surface area contributed by atoms with Crippen molar-refractivity contribution in [2.45, 2.75) is 58.3 Å². The number of ether oxygens (including phenoxy) is 1. The molecule has 0 spiro atoms. The van der Waals surface area contributed by atoms with Crippen LogP contribution in [0.5, 0.6) is 5.75 Å². The van der Waals surface area contributed by atoms with Crippen LogP contribution in [0.2, 0.25) is 0 Å². The maximum Gasteiger partial charge on any atom is 0.221 e. The van der Waals surface area contributed by atoms with Crippen molar-refractivity contribution in [1.29, 1.82) is 0 Å². The number of terminal acetylenes is 1. The van der Waals surface area contributed by atoms with E-state index < -0.39 is 0 Å². The number of nitrogens with one attached hydrogen (secondary N) is 8. The second kappa shape index (κ2) is 38.3. The molecule has 0 radical (unpaired) electrons. The lowest BCUT2D eigenvalue weighted by Crippen LogP contribution is -2.41. The van der Waals surface area contributed by atoms with Crippen LogP contribution in [-0.2, 0) is 44.8 Å². The molecule has 12 N–H and O–H groups in total. The Morgan fingerprint density at radius 1 is 0.493 bits per heavy atom. The standard InChI is InChI=1S/C45H77N13O9/c1-4-35-67-38-8-5-37(6-9-38)7-10-39(60)51-23-24-53-45(66)16-32-58(30-14-43(64)50-20-18-47)34-26-55-41(62)12-28-56(3)27-11-40(61)54-25-33-57(29-13-42(63)49-19-17-46)31-15-44(65)52-22-21-48-36(2)59/h1,5-6,8-9H,7,10-35,46-47H2,2-3H3,(H,48,59)(H,49,63)(H,50,64)(H,51,60)(H,52,65)(H,53,66)(H,54,61)(H,55,62). The van der Waals surface area contributed by atoms with Crippen LogP contribution < -0.4 is 58.7 Å². The van der Waals surface area contributed by atoms with Crippen molar-refractivity contribution in [2.75, 3.05) is 131 Å². The molecule has 1 rings (SSSR count). The van der Waals surface area contributed by atoms with E-state index >= 15 is 0 Å². The van der Waals surface area contributed by atoms with Gasteiger partial charge < -0.3 is 73.4 Å². The van der Waals surface area contributed by atoms with Gasteiger partial charge in [0, 0.05) is 170 Å². The van der Waals surface area contributed by atoms with Gasteiger partial charge in [0.1, 0.15) is 12.4 Å². The molecule has 0 saturated carbocycles. The Labute approximate surface area is 395 Å². The van der Waals surface area contributed by atoms with Crippen molar-refractivity contribution in [3.8, 4) is 18.1 Å². The Morgan fingerprint density at radius 3 is 1.21 bits per heavy atom. The highest BCUT2D eigenvalue weighted by Gasteiger charge is 2.15. The summed E-state index contributed by atoms with van der Waals surface area (Å²) in [5.74, 6) is 1.66. The Kier molecular flexibility index (Phi) is 33.8. The van der Waals surface area contributed by atoms with E-state index in [1.54, 1.807) is 12.1 Å². The minimum Gasteiger partial charge on any atom is -0.481 e. The highest BCUT2D eigenvalue weighted by molar-refractivity contribution is 5.79. The molecule has 1 aromatic carbocycles. The fourth-order valence-corrected chi connectivity index (χ4v) is 6.13. The molecular weight excluding hydrogens is 867 g/mol. The highest BCUT2D eigenvalue weighted by Crippen LogP contribution is 2.13. The number of aryl methyl sites for hydroxylation is 1. The van der Waals surface area contributed by atoms with E-state index in [2.05, 4.69) is 48.5 Å². The Hall–Kier alpha value is -5.86. The molecule has 8 amide bonds. The Morgan fingerprint density at radius 2 is 0.836 bits per heavy atom. The molecule has 22 nitrogen and oxygen atoms in total. The van der Waals surface area contributed by atoms with Crippen LogP contribution in [0.1, 0.15) is 57.4 Å². The maximum atomic E-state index is 12.7. The van der Waals surface area contributed by atoms with Crippen LogP contribution in [0.3, 0.4) is 0 Å². The van der Waals surface area contributed by atoms with E-state index in [9.17, 15) is 38.4 Å². The SMILES string of the molecule is C#CCOc1ccc(CCC(=O)NCCNC(=O)CCN(CCNC(=O)CCN(C)CCC(=O)NCCN(CCC(=O)NCCN)CCC(=O)NCCNC(C)=O)CCC(=O)NCCN)cc1. The second-order valence-corrected chi connectivity index (χ2v) is 15.6. The van der Waals surface area contributed by atoms with Gasteiger partial charge in [-0.3, -0.25) is 38.4 Å². The number of nitrogens with zero attached hydrogens (tertiary/aromatic N) is 3. The van der Waals surface area contributed by atoms with E-state index in [0.29, 0.717) is 123 Å². The molecule has 0 fully saturated rings. The number of nitrogens with two attached hydrogens (primary N) is 2. The zero-order valence-electron chi connectivity index (χ0n) is 39.6. The number of hydrogen-bond donors (Lipinski definition) is 10. The molecule has 22 heteroatoms. The number of carbonyl (C=O) groups is 8. The van der Waals surface area contributed by atoms with E-state index in [1.807, 2.05) is 33.9 Å². The number of carbonyl (C=O) groups excluding carboxylic acids is 8. The van der Waals surface area contributed by atoms with Crippen molar-refractivity contribution in [1.82, 2.24) is 57.2 Å². The van der Waals surface area contributed by atoms with Gasteiger partial charge in [0.25, 0.3) is 0 Å². The third kappa shape index (κ3) is 34.2. The molecule has 0 aliphatic rings. The second-order valence-electron chi connectivity index (χ2n) is 15.6.